The van der Waals surface area contributed by atoms with Gasteiger partial charge in [-0.1, -0.05) is 57.2 Å². The molecule has 3 heterocycles. The SMILES string of the molecule is CC(C)(C)c1ccc(Oc2nc(Oc3ccc(-n4nc5ccccc5n4)c(O)c3)nc(Oc3ccc(-n4nc5ccccc5n4)c(O)c3)n2)cc1. The molecule has 5 aromatic carbocycles. The van der Waals surface area contributed by atoms with Gasteiger partial charge in [0.15, 0.2) is 0 Å². The predicted octanol–water partition coefficient (Wildman–Crippen LogP) is 7.43. The lowest BCUT2D eigenvalue weighted by molar-refractivity contribution is 0.360. The Morgan fingerprint density at radius 3 is 1.18 bits per heavy atom. The third-order valence-corrected chi connectivity index (χ3v) is 7.82. The quantitative estimate of drug-likeness (QED) is 0.163. The number of ether oxygens (including phenoxy) is 3. The van der Waals surface area contributed by atoms with E-state index in [1.165, 1.54) is 21.7 Å². The summed E-state index contributed by atoms with van der Waals surface area (Å²) in [6, 6.07) is 31.1. The van der Waals surface area contributed by atoms with Crippen LogP contribution in [0.4, 0.5) is 0 Å². The van der Waals surface area contributed by atoms with Gasteiger partial charge in [-0.15, -0.1) is 44.9 Å². The zero-order valence-corrected chi connectivity index (χ0v) is 27.5. The predicted molar refractivity (Wildman–Crippen MR) is 186 cm³/mol. The topological polar surface area (TPSA) is 168 Å². The largest absolute Gasteiger partial charge is 0.505 e. The minimum atomic E-state index is -0.176. The smallest absolute Gasteiger partial charge is 0.331 e. The van der Waals surface area contributed by atoms with E-state index in [9.17, 15) is 10.2 Å². The van der Waals surface area contributed by atoms with Crippen LogP contribution in [0.5, 0.6) is 46.8 Å². The first-order valence-electron chi connectivity index (χ1n) is 15.9. The molecule has 3 aromatic heterocycles. The van der Waals surface area contributed by atoms with Gasteiger partial charge >= 0.3 is 18.0 Å². The van der Waals surface area contributed by atoms with Crippen molar-refractivity contribution in [3.63, 3.8) is 0 Å². The van der Waals surface area contributed by atoms with E-state index in [0.29, 0.717) is 39.2 Å². The summed E-state index contributed by atoms with van der Waals surface area (Å²) >= 11 is 0. The zero-order chi connectivity index (χ0) is 35.1. The van der Waals surface area contributed by atoms with Gasteiger partial charge in [0.2, 0.25) is 0 Å². The lowest BCUT2D eigenvalue weighted by atomic mass is 9.87. The summed E-state index contributed by atoms with van der Waals surface area (Å²) < 4.78 is 17.9. The highest BCUT2D eigenvalue weighted by Crippen LogP contribution is 2.33. The van der Waals surface area contributed by atoms with Crippen LogP contribution in [0.3, 0.4) is 0 Å². The Balaban J connectivity index is 1.09. The molecule has 2 N–H and O–H groups in total. The van der Waals surface area contributed by atoms with E-state index < -0.39 is 0 Å². The number of phenols is 2. The van der Waals surface area contributed by atoms with Crippen molar-refractivity contribution >= 4 is 22.1 Å². The van der Waals surface area contributed by atoms with Crippen LogP contribution in [0, 0.1) is 0 Å². The van der Waals surface area contributed by atoms with Gasteiger partial charge in [0, 0.05) is 12.1 Å². The summed E-state index contributed by atoms with van der Waals surface area (Å²) in [5.41, 5.74) is 4.52. The van der Waals surface area contributed by atoms with E-state index >= 15 is 0 Å². The lowest BCUT2D eigenvalue weighted by Gasteiger charge is -2.19. The summed E-state index contributed by atoms with van der Waals surface area (Å²) in [6.45, 7) is 6.37. The highest BCUT2D eigenvalue weighted by Gasteiger charge is 2.18. The zero-order valence-electron chi connectivity index (χ0n) is 27.5. The van der Waals surface area contributed by atoms with Crippen LogP contribution in [0.1, 0.15) is 26.3 Å². The molecule has 0 saturated heterocycles. The highest BCUT2D eigenvalue weighted by atomic mass is 16.5. The molecule has 14 nitrogen and oxygen atoms in total. The lowest BCUT2D eigenvalue weighted by Crippen LogP contribution is -2.10. The molecule has 0 aliphatic carbocycles. The van der Waals surface area contributed by atoms with Crippen molar-refractivity contribution in [1.29, 1.82) is 0 Å². The molecule has 14 heteroatoms. The fourth-order valence-electron chi connectivity index (χ4n) is 5.20. The normalized spacial score (nSPS) is 11.6. The van der Waals surface area contributed by atoms with E-state index in [1.54, 1.807) is 24.3 Å². The van der Waals surface area contributed by atoms with Crippen LogP contribution >= 0.6 is 0 Å². The fraction of sp³-hybridized carbons (Fsp3) is 0.108. The second-order valence-electron chi connectivity index (χ2n) is 12.5. The molecule has 0 bridgehead atoms. The van der Waals surface area contributed by atoms with E-state index in [-0.39, 0.29) is 46.4 Å². The van der Waals surface area contributed by atoms with E-state index in [0.717, 1.165) is 5.56 Å². The monoisotopic (exact) mass is 679 g/mol. The van der Waals surface area contributed by atoms with Crippen LogP contribution in [-0.4, -0.2) is 55.2 Å². The third-order valence-electron chi connectivity index (χ3n) is 7.82. The van der Waals surface area contributed by atoms with Crippen molar-refractivity contribution in [2.45, 2.75) is 26.2 Å². The molecule has 0 aliphatic rings. The standard InChI is InChI=1S/C37H29N9O5/c1-37(2,3)22-12-14-23(15-13-22)49-34-38-35(50-24-16-18-30(32(47)20-24)45-41-26-8-4-5-9-27(26)42-45)40-36(39-34)51-25-17-19-31(33(48)21-25)46-43-28-10-6-7-11-29(28)44-46/h4-21,47-48H,1-3H3. The van der Waals surface area contributed by atoms with Crippen molar-refractivity contribution in [2.75, 3.05) is 0 Å². The number of nitrogens with zero attached hydrogens (tertiary/aromatic N) is 9. The molecular weight excluding hydrogens is 650 g/mol. The summed E-state index contributed by atoms with van der Waals surface area (Å²) in [4.78, 5) is 15.7. The maximum atomic E-state index is 10.9. The van der Waals surface area contributed by atoms with Gasteiger partial charge in [-0.05, 0) is 71.6 Å². The van der Waals surface area contributed by atoms with E-state index in [2.05, 4.69) is 56.1 Å². The first kappa shape index (κ1) is 31.2. The Labute approximate surface area is 290 Å². The average Bonchev–Trinajstić information content (AvgIpc) is 3.73. The van der Waals surface area contributed by atoms with Gasteiger partial charge in [0.1, 0.15) is 62.2 Å². The van der Waals surface area contributed by atoms with E-state index in [4.69, 9.17) is 14.2 Å². The number of hydrogen-bond donors (Lipinski definition) is 2. The molecule has 51 heavy (non-hydrogen) atoms. The summed E-state index contributed by atoms with van der Waals surface area (Å²) in [6.07, 6.45) is 0. The second kappa shape index (κ2) is 12.4. The molecule has 0 saturated carbocycles. The molecule has 0 amide bonds. The Morgan fingerprint density at radius 2 is 0.824 bits per heavy atom. The fourth-order valence-corrected chi connectivity index (χ4v) is 5.20. The van der Waals surface area contributed by atoms with Crippen molar-refractivity contribution in [2.24, 2.45) is 0 Å². The van der Waals surface area contributed by atoms with Gasteiger partial charge in [0.05, 0.1) is 0 Å². The molecule has 0 aliphatic heterocycles. The number of rotatable bonds is 8. The molecule has 0 spiro atoms. The Bertz CT molecular complexity index is 2330. The van der Waals surface area contributed by atoms with Crippen LogP contribution in [-0.2, 0) is 5.41 Å². The van der Waals surface area contributed by atoms with Crippen molar-refractivity contribution in [1.82, 2.24) is 44.9 Å². The molecule has 0 fully saturated rings. The summed E-state index contributed by atoms with van der Waals surface area (Å²) in [7, 11) is 0. The average molecular weight is 680 g/mol. The van der Waals surface area contributed by atoms with Crippen LogP contribution < -0.4 is 14.2 Å². The third kappa shape index (κ3) is 6.53. The minimum absolute atomic E-state index is 0.0438. The maximum Gasteiger partial charge on any atom is 0.331 e. The molecule has 8 rings (SSSR count). The number of aromatic nitrogens is 9. The second-order valence-corrected chi connectivity index (χ2v) is 12.5. The molecule has 0 unspecified atom stereocenters. The number of phenolic OH excluding ortho intramolecular Hbond substituents is 2. The summed E-state index contributed by atoms with van der Waals surface area (Å²) in [5.74, 6) is 0.638. The number of hydrogen-bond acceptors (Lipinski definition) is 12. The first-order chi connectivity index (χ1) is 24.6. The Kier molecular flexibility index (Phi) is 7.59. The maximum absolute atomic E-state index is 10.9. The molecule has 0 radical (unpaired) electrons. The van der Waals surface area contributed by atoms with Gasteiger partial charge in [-0.2, -0.15) is 0 Å². The number of fused-ring (bicyclic) bond motifs is 2. The number of aromatic hydroxyl groups is 2. The van der Waals surface area contributed by atoms with E-state index in [1.807, 2.05) is 72.8 Å². The van der Waals surface area contributed by atoms with Crippen molar-refractivity contribution in [3.8, 4) is 58.2 Å². The summed E-state index contributed by atoms with van der Waals surface area (Å²) in [5, 5.41) is 39.5. The van der Waals surface area contributed by atoms with Crippen LogP contribution in [0.25, 0.3) is 33.4 Å². The van der Waals surface area contributed by atoms with Crippen LogP contribution in [0.15, 0.2) is 109 Å². The van der Waals surface area contributed by atoms with Gasteiger partial charge < -0.3 is 24.4 Å². The van der Waals surface area contributed by atoms with Crippen molar-refractivity contribution < 1.29 is 24.4 Å². The number of benzene rings is 5. The molecule has 0 atom stereocenters. The highest BCUT2D eigenvalue weighted by molar-refractivity contribution is 5.74. The molecule has 252 valence electrons. The Hall–Kier alpha value is -7.09. The van der Waals surface area contributed by atoms with Crippen molar-refractivity contribution in [3.05, 3.63) is 115 Å². The minimum Gasteiger partial charge on any atom is -0.505 e. The van der Waals surface area contributed by atoms with Gasteiger partial charge in [0.25, 0.3) is 0 Å². The molecular formula is C37H29N9O5. The van der Waals surface area contributed by atoms with Crippen LogP contribution in [0.2, 0.25) is 0 Å². The van der Waals surface area contributed by atoms with Gasteiger partial charge in [-0.25, -0.2) is 0 Å². The Morgan fingerprint density at radius 1 is 0.471 bits per heavy atom. The molecule has 8 aromatic rings. The first-order valence-corrected chi connectivity index (χ1v) is 15.9. The van der Waals surface area contributed by atoms with Gasteiger partial charge in [-0.3, -0.25) is 0 Å².